The van der Waals surface area contributed by atoms with Gasteiger partial charge in [0.05, 0.1) is 0 Å². The lowest BCUT2D eigenvalue weighted by molar-refractivity contribution is -0.771. The number of carbonyl (C=O) groups excluding carboxylic acids is 2. The van der Waals surface area contributed by atoms with Crippen molar-refractivity contribution in [2.24, 2.45) is 0 Å². The highest BCUT2D eigenvalue weighted by Crippen LogP contribution is 2.37. The van der Waals surface area contributed by atoms with Crippen molar-refractivity contribution < 1.29 is 24.3 Å². The van der Waals surface area contributed by atoms with Crippen molar-refractivity contribution in [3.8, 4) is 11.1 Å². The molecule has 2 aromatic carbocycles. The van der Waals surface area contributed by atoms with Crippen molar-refractivity contribution in [1.29, 1.82) is 0 Å². The predicted octanol–water partition coefficient (Wildman–Crippen LogP) is 3.38. The van der Waals surface area contributed by atoms with Crippen molar-refractivity contribution in [2.45, 2.75) is 38.4 Å². The first kappa shape index (κ1) is 18.6. The molecule has 27 heavy (non-hydrogen) atoms. The van der Waals surface area contributed by atoms with Crippen molar-refractivity contribution in [3.63, 3.8) is 0 Å². The Labute approximate surface area is 156 Å². The van der Waals surface area contributed by atoms with E-state index in [9.17, 15) is 19.7 Å². The molecule has 7 heteroatoms. The van der Waals surface area contributed by atoms with Crippen LogP contribution in [0.25, 0.3) is 11.1 Å². The van der Waals surface area contributed by atoms with Gasteiger partial charge in [0.1, 0.15) is 5.60 Å². The quantitative estimate of drug-likeness (QED) is 0.355. The molecule has 0 fully saturated rings. The van der Waals surface area contributed by atoms with E-state index < -0.39 is 28.0 Å². The molecule has 3 rings (SSSR count). The Bertz CT molecular complexity index is 916. The molecule has 0 bridgehead atoms. The van der Waals surface area contributed by atoms with Crippen molar-refractivity contribution >= 4 is 11.8 Å². The molecule has 0 saturated carbocycles. The molecular formula is C20H19NO6. The molecular weight excluding hydrogens is 350 g/mol. The molecule has 0 amide bonds. The highest BCUT2D eigenvalue weighted by atomic mass is 17.0. The zero-order valence-corrected chi connectivity index (χ0v) is 15.2. The van der Waals surface area contributed by atoms with Gasteiger partial charge in [-0.2, -0.15) is 0 Å². The van der Waals surface area contributed by atoms with Gasteiger partial charge in [-0.25, -0.2) is 4.79 Å². The summed E-state index contributed by atoms with van der Waals surface area (Å²) in [7, 11) is 0. The lowest BCUT2D eigenvalue weighted by atomic mass is 9.98. The topological polar surface area (TPSA) is 95.7 Å². The number of hydrogen-bond acceptors (Lipinski definition) is 6. The summed E-state index contributed by atoms with van der Waals surface area (Å²) < 4.78 is 5.25. The summed E-state index contributed by atoms with van der Waals surface area (Å²) in [4.78, 5) is 41.3. The molecule has 1 aliphatic carbocycles. The average molecular weight is 369 g/mol. The molecule has 0 aliphatic heterocycles. The number of esters is 1. The van der Waals surface area contributed by atoms with E-state index in [1.807, 2.05) is 30.3 Å². The lowest BCUT2D eigenvalue weighted by Gasteiger charge is -2.28. The van der Waals surface area contributed by atoms with Gasteiger partial charge >= 0.3 is 5.97 Å². The molecule has 0 spiro atoms. The fourth-order valence-electron chi connectivity index (χ4n) is 3.10. The third kappa shape index (κ3) is 3.53. The normalized spacial score (nSPS) is 18.7. The minimum atomic E-state index is -2.31. The fraction of sp³-hybridized carbons (Fsp3) is 0.300. The predicted molar refractivity (Wildman–Crippen MR) is 96.6 cm³/mol. The first-order chi connectivity index (χ1) is 12.6. The van der Waals surface area contributed by atoms with Crippen LogP contribution >= 0.6 is 0 Å². The number of Topliss-reactive ketones (excluding diaryl/α,β-unsaturated/α-hetero) is 1. The first-order valence-electron chi connectivity index (χ1n) is 8.42. The second-order valence-corrected chi connectivity index (χ2v) is 7.39. The summed E-state index contributed by atoms with van der Waals surface area (Å²) in [5, 5.41) is 9.92. The number of fused-ring (bicyclic) bond motifs is 1. The van der Waals surface area contributed by atoms with Crippen LogP contribution in [0.4, 0.5) is 0 Å². The Morgan fingerprint density at radius 3 is 2.37 bits per heavy atom. The maximum atomic E-state index is 12.9. The molecule has 1 atom stereocenters. The van der Waals surface area contributed by atoms with E-state index in [0.717, 1.165) is 11.1 Å². The van der Waals surface area contributed by atoms with Crippen LogP contribution in [-0.2, 0) is 20.8 Å². The van der Waals surface area contributed by atoms with Crippen molar-refractivity contribution in [3.05, 3.63) is 69.8 Å². The number of ketones is 1. The summed E-state index contributed by atoms with van der Waals surface area (Å²) in [5.41, 5.74) is -0.736. The van der Waals surface area contributed by atoms with E-state index in [4.69, 9.17) is 4.74 Å². The summed E-state index contributed by atoms with van der Waals surface area (Å²) in [6.45, 7) is 4.85. The summed E-state index contributed by atoms with van der Waals surface area (Å²) >= 11 is 0. The number of carbonyl (C=O) groups is 2. The Morgan fingerprint density at radius 1 is 1.11 bits per heavy atom. The number of benzene rings is 2. The van der Waals surface area contributed by atoms with Gasteiger partial charge in [-0.1, -0.05) is 48.5 Å². The second kappa shape index (κ2) is 6.50. The van der Waals surface area contributed by atoms with Crippen LogP contribution in [0.5, 0.6) is 0 Å². The van der Waals surface area contributed by atoms with Gasteiger partial charge in [-0.15, -0.1) is 10.1 Å². The maximum absolute atomic E-state index is 12.9. The van der Waals surface area contributed by atoms with Crippen LogP contribution < -0.4 is 0 Å². The van der Waals surface area contributed by atoms with Gasteiger partial charge in [0.2, 0.25) is 5.78 Å². The molecule has 7 nitrogen and oxygen atoms in total. The largest absolute Gasteiger partial charge is 0.458 e. The maximum Gasteiger partial charge on any atom is 0.347 e. The molecule has 0 heterocycles. The zero-order valence-electron chi connectivity index (χ0n) is 15.2. The van der Waals surface area contributed by atoms with Crippen LogP contribution in [0.2, 0.25) is 0 Å². The number of ether oxygens (including phenoxy) is 1. The minimum absolute atomic E-state index is 0.224. The van der Waals surface area contributed by atoms with E-state index in [2.05, 4.69) is 4.84 Å². The van der Waals surface area contributed by atoms with Crippen LogP contribution in [-0.4, -0.2) is 28.0 Å². The van der Waals surface area contributed by atoms with Crippen LogP contribution in [0, 0.1) is 10.1 Å². The first-order valence-corrected chi connectivity index (χ1v) is 8.42. The number of hydrogen-bond donors (Lipinski definition) is 0. The van der Waals surface area contributed by atoms with Crippen LogP contribution in [0.15, 0.2) is 48.5 Å². The van der Waals surface area contributed by atoms with E-state index >= 15 is 0 Å². The number of nitrogens with zero attached hydrogens (tertiary/aromatic N) is 1. The third-order valence-electron chi connectivity index (χ3n) is 4.22. The van der Waals surface area contributed by atoms with Crippen LogP contribution in [0.1, 0.15) is 36.7 Å². The Balaban J connectivity index is 2.03. The molecule has 140 valence electrons. The summed E-state index contributed by atoms with van der Waals surface area (Å²) in [6, 6.07) is 14.5. The minimum Gasteiger partial charge on any atom is -0.458 e. The summed E-state index contributed by atoms with van der Waals surface area (Å²) in [6.07, 6.45) is -0.252. The van der Waals surface area contributed by atoms with E-state index in [1.165, 1.54) is 0 Å². The Kier molecular flexibility index (Phi) is 4.47. The Hall–Kier alpha value is -3.22. The molecule has 2 aromatic rings. The second-order valence-electron chi connectivity index (χ2n) is 7.39. The molecule has 0 N–H and O–H groups in total. The van der Waals surface area contributed by atoms with Gasteiger partial charge in [-0.05, 0) is 37.5 Å². The Morgan fingerprint density at radius 2 is 1.78 bits per heavy atom. The van der Waals surface area contributed by atoms with Gasteiger partial charge in [-0.3, -0.25) is 9.63 Å². The fourth-order valence-corrected chi connectivity index (χ4v) is 3.10. The standard InChI is InChI=1S/C20H19NO6/c1-19(2,3)26-18(23)20(27-21(24)25)12-15-11-14(9-10-16(15)17(20)22)13-7-5-4-6-8-13/h4-11H,12H2,1-3H3/t20-/m1/s1. The molecule has 1 aliphatic rings. The van der Waals surface area contributed by atoms with E-state index in [-0.39, 0.29) is 12.0 Å². The highest BCUT2D eigenvalue weighted by Gasteiger charge is 2.57. The lowest BCUT2D eigenvalue weighted by Crippen LogP contribution is -2.51. The average Bonchev–Trinajstić information content (AvgIpc) is 2.86. The molecule has 0 unspecified atom stereocenters. The van der Waals surface area contributed by atoms with Gasteiger partial charge in [0.15, 0.2) is 0 Å². The smallest absolute Gasteiger partial charge is 0.347 e. The van der Waals surface area contributed by atoms with Crippen molar-refractivity contribution in [2.75, 3.05) is 0 Å². The van der Waals surface area contributed by atoms with Crippen LogP contribution in [0.3, 0.4) is 0 Å². The SMILES string of the molecule is CC(C)(C)OC(=O)[C@@]1(O[N+](=O)[O-])Cc2cc(-c3ccccc3)ccc2C1=O. The third-order valence-corrected chi connectivity index (χ3v) is 4.22. The van der Waals surface area contributed by atoms with E-state index in [1.54, 1.807) is 39.0 Å². The van der Waals surface area contributed by atoms with Gasteiger partial charge in [0, 0.05) is 12.0 Å². The molecule has 0 saturated heterocycles. The van der Waals surface area contributed by atoms with E-state index in [0.29, 0.717) is 5.56 Å². The van der Waals surface area contributed by atoms with Gasteiger partial charge < -0.3 is 4.74 Å². The monoisotopic (exact) mass is 369 g/mol. The molecule has 0 radical (unpaired) electrons. The van der Waals surface area contributed by atoms with Gasteiger partial charge in [0.25, 0.3) is 10.7 Å². The highest BCUT2D eigenvalue weighted by molar-refractivity contribution is 6.19. The number of rotatable bonds is 4. The van der Waals surface area contributed by atoms with Crippen molar-refractivity contribution in [1.82, 2.24) is 0 Å². The summed E-state index contributed by atoms with van der Waals surface area (Å²) in [5.74, 6) is -1.82. The molecule has 0 aromatic heterocycles. The zero-order chi connectivity index (χ0) is 19.8.